The molecule has 0 saturated carbocycles. The van der Waals surface area contributed by atoms with Crippen LogP contribution in [0.3, 0.4) is 0 Å². The smallest absolute Gasteiger partial charge is 0.311 e. The first kappa shape index (κ1) is 8.38. The topological polar surface area (TPSA) is 63.1 Å². The monoisotopic (exact) mass is 264 g/mol. The highest BCUT2D eigenvalue weighted by Crippen LogP contribution is 1.99. The lowest BCUT2D eigenvalue weighted by atomic mass is 10.4. The molecule has 0 atom stereocenters. The third-order valence-corrected chi connectivity index (χ3v) is 1.58. The zero-order valence-corrected chi connectivity index (χ0v) is 7.65. The molecule has 1 aromatic rings. The Morgan fingerprint density at radius 1 is 1.73 bits per heavy atom. The Balaban J connectivity index is 2.79. The van der Waals surface area contributed by atoms with Crippen molar-refractivity contribution in [3.05, 3.63) is 21.8 Å². The Hall–Kier alpha value is -0.720. The minimum Gasteiger partial charge on any atom is -0.481 e. The van der Waals surface area contributed by atoms with Gasteiger partial charge in [-0.15, -0.1) is 0 Å². The summed E-state index contributed by atoms with van der Waals surface area (Å²) in [6, 6.07) is 1.71. The van der Waals surface area contributed by atoms with Crippen LogP contribution in [0.4, 0.5) is 0 Å². The van der Waals surface area contributed by atoms with Crippen molar-refractivity contribution >= 4 is 28.6 Å². The number of carboxylic acids is 1. The first-order chi connectivity index (χ1) is 5.18. The maximum absolute atomic E-state index is 10.2. The fourth-order valence-electron chi connectivity index (χ4n) is 0.595. The summed E-state index contributed by atoms with van der Waals surface area (Å²) in [6.45, 7) is 0. The van der Waals surface area contributed by atoms with E-state index in [1.807, 2.05) is 22.6 Å². The lowest BCUT2D eigenvalue weighted by molar-refractivity contribution is -0.136. The van der Waals surface area contributed by atoms with Gasteiger partial charge in [0.15, 0.2) is 0 Å². The van der Waals surface area contributed by atoms with E-state index in [0.717, 1.165) is 3.70 Å². The molecule has 1 aromatic heterocycles. The van der Waals surface area contributed by atoms with Crippen LogP contribution >= 0.6 is 22.6 Å². The van der Waals surface area contributed by atoms with Crippen LogP contribution in [-0.2, 0) is 11.2 Å². The maximum Gasteiger partial charge on any atom is 0.311 e. The number of hydrogen-bond acceptors (Lipinski definition) is 3. The van der Waals surface area contributed by atoms with Crippen LogP contribution in [-0.4, -0.2) is 21.0 Å². The minimum atomic E-state index is -0.910. The third-order valence-electron chi connectivity index (χ3n) is 0.981. The summed E-state index contributed by atoms with van der Waals surface area (Å²) in [5.74, 6) is -0.559. The fourth-order valence-corrected chi connectivity index (χ4v) is 1.03. The van der Waals surface area contributed by atoms with Crippen LogP contribution in [0.5, 0.6) is 0 Å². The minimum absolute atomic E-state index is 0.114. The molecule has 1 N–H and O–H groups in total. The van der Waals surface area contributed by atoms with Crippen molar-refractivity contribution in [3.8, 4) is 0 Å². The molecule has 0 fully saturated rings. The van der Waals surface area contributed by atoms with Crippen LogP contribution in [0.1, 0.15) is 5.82 Å². The second-order valence-electron chi connectivity index (χ2n) is 1.87. The van der Waals surface area contributed by atoms with Crippen molar-refractivity contribution in [2.75, 3.05) is 0 Å². The van der Waals surface area contributed by atoms with E-state index in [-0.39, 0.29) is 6.42 Å². The highest BCUT2D eigenvalue weighted by Gasteiger charge is 2.02. The van der Waals surface area contributed by atoms with Gasteiger partial charge in [0.05, 0.1) is 0 Å². The Labute approximate surface area is 76.8 Å². The van der Waals surface area contributed by atoms with Gasteiger partial charge in [-0.3, -0.25) is 4.79 Å². The number of hydrogen-bond donors (Lipinski definition) is 1. The van der Waals surface area contributed by atoms with Gasteiger partial charge >= 0.3 is 5.97 Å². The first-order valence-corrected chi connectivity index (χ1v) is 3.95. The van der Waals surface area contributed by atoms with Gasteiger partial charge in [-0.2, -0.15) is 0 Å². The highest BCUT2D eigenvalue weighted by atomic mass is 127. The molecule has 4 nitrogen and oxygen atoms in total. The van der Waals surface area contributed by atoms with Crippen LogP contribution < -0.4 is 0 Å². The molecule has 58 valence electrons. The molecule has 11 heavy (non-hydrogen) atoms. The maximum atomic E-state index is 10.2. The Morgan fingerprint density at radius 3 is 3.00 bits per heavy atom. The van der Waals surface area contributed by atoms with E-state index in [4.69, 9.17) is 5.11 Å². The molecule has 0 aliphatic heterocycles. The van der Waals surface area contributed by atoms with E-state index in [0.29, 0.717) is 5.82 Å². The molecule has 0 bridgehead atoms. The van der Waals surface area contributed by atoms with Gasteiger partial charge in [0.25, 0.3) is 0 Å². The van der Waals surface area contributed by atoms with Crippen LogP contribution in [0, 0.1) is 3.70 Å². The summed E-state index contributed by atoms with van der Waals surface area (Å²) < 4.78 is 0.758. The number of nitrogens with zero attached hydrogens (tertiary/aromatic N) is 2. The lowest BCUT2D eigenvalue weighted by Crippen LogP contribution is -2.04. The standard InChI is InChI=1S/C6H5IN2O2/c7-4-1-2-8-5(9-4)3-6(10)11/h1-2H,3H2,(H,10,11). The zero-order valence-electron chi connectivity index (χ0n) is 5.49. The zero-order chi connectivity index (χ0) is 8.27. The summed E-state index contributed by atoms with van der Waals surface area (Å²) in [5.41, 5.74) is 0. The van der Waals surface area contributed by atoms with Crippen LogP contribution in [0.15, 0.2) is 12.3 Å². The van der Waals surface area contributed by atoms with Crippen molar-refractivity contribution in [1.29, 1.82) is 0 Å². The molecule has 0 amide bonds. The molecule has 0 aromatic carbocycles. The van der Waals surface area contributed by atoms with E-state index in [9.17, 15) is 4.79 Å². The summed E-state index contributed by atoms with van der Waals surface area (Å²) in [4.78, 5) is 17.9. The summed E-state index contributed by atoms with van der Waals surface area (Å²) in [7, 11) is 0. The molecule has 0 spiro atoms. The van der Waals surface area contributed by atoms with Gasteiger partial charge in [0.1, 0.15) is 15.9 Å². The number of halogens is 1. The fraction of sp³-hybridized carbons (Fsp3) is 0.167. The molecule has 5 heteroatoms. The van der Waals surface area contributed by atoms with E-state index in [1.165, 1.54) is 0 Å². The number of rotatable bonds is 2. The SMILES string of the molecule is O=C(O)Cc1nccc(I)n1. The van der Waals surface area contributed by atoms with Gasteiger partial charge < -0.3 is 5.11 Å². The molecule has 0 aliphatic rings. The largest absolute Gasteiger partial charge is 0.481 e. The first-order valence-electron chi connectivity index (χ1n) is 2.87. The van der Waals surface area contributed by atoms with Crippen LogP contribution in [0.25, 0.3) is 0 Å². The van der Waals surface area contributed by atoms with E-state index < -0.39 is 5.97 Å². The highest BCUT2D eigenvalue weighted by molar-refractivity contribution is 14.1. The van der Waals surface area contributed by atoms with Crippen molar-refractivity contribution in [3.63, 3.8) is 0 Å². The number of carbonyl (C=O) groups is 1. The predicted octanol–water partition coefficient (Wildman–Crippen LogP) is 0.708. The Bertz CT molecular complexity index is 277. The van der Waals surface area contributed by atoms with E-state index >= 15 is 0 Å². The van der Waals surface area contributed by atoms with Crippen molar-refractivity contribution < 1.29 is 9.90 Å². The lowest BCUT2D eigenvalue weighted by Gasteiger charge is -1.93. The van der Waals surface area contributed by atoms with Gasteiger partial charge in [-0.1, -0.05) is 0 Å². The second kappa shape index (κ2) is 3.61. The number of carboxylic acid groups (broad SMARTS) is 1. The summed E-state index contributed by atoms with van der Waals surface area (Å²) >= 11 is 2.01. The summed E-state index contributed by atoms with van der Waals surface area (Å²) in [5, 5.41) is 8.38. The molecule has 0 aliphatic carbocycles. The van der Waals surface area contributed by atoms with Crippen LogP contribution in [0.2, 0.25) is 0 Å². The van der Waals surface area contributed by atoms with Crippen molar-refractivity contribution in [2.45, 2.75) is 6.42 Å². The number of aromatic nitrogens is 2. The van der Waals surface area contributed by atoms with E-state index in [2.05, 4.69) is 9.97 Å². The molecular formula is C6H5IN2O2. The average Bonchev–Trinajstić information content (AvgIpc) is 1.85. The average molecular weight is 264 g/mol. The van der Waals surface area contributed by atoms with Crippen molar-refractivity contribution in [2.24, 2.45) is 0 Å². The van der Waals surface area contributed by atoms with Gasteiger partial charge in [0, 0.05) is 6.20 Å². The predicted molar refractivity (Wildman–Crippen MR) is 46.1 cm³/mol. The quantitative estimate of drug-likeness (QED) is 0.631. The van der Waals surface area contributed by atoms with Gasteiger partial charge in [0.2, 0.25) is 0 Å². The molecule has 0 unspecified atom stereocenters. The van der Waals surface area contributed by atoms with Gasteiger partial charge in [-0.05, 0) is 28.7 Å². The molecular weight excluding hydrogens is 259 g/mol. The molecule has 1 heterocycles. The Kier molecular flexibility index (Phi) is 2.75. The second-order valence-corrected chi connectivity index (χ2v) is 2.97. The Morgan fingerprint density at radius 2 is 2.45 bits per heavy atom. The third kappa shape index (κ3) is 2.79. The summed E-state index contributed by atoms with van der Waals surface area (Å²) in [6.07, 6.45) is 1.43. The molecule has 1 rings (SSSR count). The van der Waals surface area contributed by atoms with Crippen molar-refractivity contribution in [1.82, 2.24) is 9.97 Å². The molecule has 0 radical (unpaired) electrons. The van der Waals surface area contributed by atoms with E-state index in [1.54, 1.807) is 12.3 Å². The number of aliphatic carboxylic acids is 1. The van der Waals surface area contributed by atoms with Gasteiger partial charge in [-0.25, -0.2) is 9.97 Å². The normalized spacial score (nSPS) is 9.55. The molecule has 0 saturated heterocycles.